The minimum Gasteiger partial charge on any atom is -0.393 e. The van der Waals surface area contributed by atoms with Gasteiger partial charge in [-0.25, -0.2) is 0 Å². The Morgan fingerprint density at radius 3 is 0.970 bits per heavy atom. The van der Waals surface area contributed by atoms with E-state index in [1.54, 1.807) is 0 Å². The molecule has 0 amide bonds. The number of thioether (sulfide) groups is 7. The van der Waals surface area contributed by atoms with Gasteiger partial charge in [-0.15, -0.1) is 0 Å². The molecule has 0 aliphatic heterocycles. The lowest BCUT2D eigenvalue weighted by Gasteiger charge is -2.20. The van der Waals surface area contributed by atoms with Crippen molar-refractivity contribution in [2.45, 2.75) is 62.6 Å². The summed E-state index contributed by atoms with van der Waals surface area (Å²) in [6.07, 6.45) is -0.986. The van der Waals surface area contributed by atoms with E-state index in [-0.39, 0.29) is 24.4 Å². The van der Waals surface area contributed by atoms with Gasteiger partial charge in [0.05, 0.1) is 24.4 Å². The van der Waals surface area contributed by atoms with E-state index >= 15 is 0 Å². The average Bonchev–Trinajstić information content (AvgIpc) is 2.71. The van der Waals surface area contributed by atoms with Crippen molar-refractivity contribution in [2.24, 2.45) is 0 Å². The second-order valence-corrected chi connectivity index (χ2v) is 16.5. The third kappa shape index (κ3) is 27.1. The predicted octanol–water partition coefficient (Wildman–Crippen LogP) is 4.38. The van der Waals surface area contributed by atoms with Gasteiger partial charge in [0.1, 0.15) is 0 Å². The molecule has 0 aliphatic carbocycles. The maximum Gasteiger partial charge on any atom is 0.0602 e. The molecule has 0 radical (unpaired) electrons. The van der Waals surface area contributed by atoms with Crippen molar-refractivity contribution in [3.63, 3.8) is 0 Å². The lowest BCUT2D eigenvalue weighted by molar-refractivity contribution is 0.220. The first-order chi connectivity index (χ1) is 15.7. The number of aliphatic hydroxyl groups excluding tert-OH is 4. The van der Waals surface area contributed by atoms with Gasteiger partial charge < -0.3 is 20.4 Å². The van der Waals surface area contributed by atoms with Crippen LogP contribution in [0.15, 0.2) is 0 Å². The van der Waals surface area contributed by atoms with Crippen molar-refractivity contribution >= 4 is 82.3 Å². The smallest absolute Gasteiger partial charge is 0.0602 e. The zero-order valence-electron chi connectivity index (χ0n) is 20.6. The number of hydrogen-bond donors (Lipinski definition) is 4. The molecule has 0 heterocycles. The van der Waals surface area contributed by atoms with Crippen molar-refractivity contribution in [1.29, 1.82) is 0 Å². The van der Waals surface area contributed by atoms with Crippen molar-refractivity contribution in [3.05, 3.63) is 0 Å². The molecule has 6 unspecified atom stereocenters. The summed E-state index contributed by atoms with van der Waals surface area (Å²) in [4.78, 5) is 0. The molecule has 4 N–H and O–H groups in total. The van der Waals surface area contributed by atoms with E-state index in [9.17, 15) is 20.4 Å². The highest BCUT2D eigenvalue weighted by Crippen LogP contribution is 2.27. The Morgan fingerprint density at radius 2 is 0.667 bits per heavy atom. The third-order valence-corrected chi connectivity index (χ3v) is 14.1. The highest BCUT2D eigenvalue weighted by molar-refractivity contribution is 8.07. The van der Waals surface area contributed by atoms with Crippen LogP contribution in [0, 0.1) is 0 Å². The fourth-order valence-electron chi connectivity index (χ4n) is 2.41. The molecule has 0 fully saturated rings. The first-order valence-corrected chi connectivity index (χ1v) is 19.4. The molecule has 33 heavy (non-hydrogen) atoms. The largest absolute Gasteiger partial charge is 0.393 e. The molecular formula is C22H46O4S7. The molecule has 0 aromatic heterocycles. The van der Waals surface area contributed by atoms with E-state index in [1.807, 2.05) is 110 Å². The maximum atomic E-state index is 9.59. The molecule has 0 spiro atoms. The van der Waals surface area contributed by atoms with Crippen molar-refractivity contribution in [2.75, 3.05) is 69.0 Å². The summed E-state index contributed by atoms with van der Waals surface area (Å²) in [5.74, 6) is 11.9. The molecule has 0 rings (SSSR count). The van der Waals surface area contributed by atoms with Crippen LogP contribution < -0.4 is 0 Å². The molecule has 0 saturated heterocycles. The van der Waals surface area contributed by atoms with E-state index in [4.69, 9.17) is 0 Å². The lowest BCUT2D eigenvalue weighted by atomic mass is 10.5. The number of rotatable bonds is 24. The Labute approximate surface area is 232 Å². The van der Waals surface area contributed by atoms with Crippen LogP contribution in [-0.2, 0) is 0 Å². The summed E-state index contributed by atoms with van der Waals surface area (Å²) >= 11 is 13.4. The molecule has 0 aromatic carbocycles. The van der Waals surface area contributed by atoms with Crippen LogP contribution in [0.3, 0.4) is 0 Å². The molecule has 0 aliphatic rings. The standard InChI is InChI=1S/C22H46O4S7/c1-17(23)9-27-5-7-32-21(13-29-11-19(3)25)15-31-16-22(14-30-12-20(4)26)33-8-6-28-10-18(2)24/h17-26H,5-16H2,1-4H3. The van der Waals surface area contributed by atoms with Gasteiger partial charge >= 0.3 is 0 Å². The first-order valence-electron chi connectivity index (χ1n) is 11.5. The summed E-state index contributed by atoms with van der Waals surface area (Å²) in [5, 5.41) is 39.2. The van der Waals surface area contributed by atoms with Gasteiger partial charge in [0.2, 0.25) is 0 Å². The van der Waals surface area contributed by atoms with E-state index < -0.39 is 0 Å². The summed E-state index contributed by atoms with van der Waals surface area (Å²) < 4.78 is 0. The number of hydrogen-bond acceptors (Lipinski definition) is 11. The zero-order chi connectivity index (χ0) is 24.9. The summed E-state index contributed by atoms with van der Waals surface area (Å²) in [6, 6.07) is 0. The molecule has 0 bridgehead atoms. The minimum atomic E-state index is -0.256. The molecule has 4 nitrogen and oxygen atoms in total. The number of aliphatic hydroxyl groups is 4. The fourth-order valence-corrected chi connectivity index (χ4v) is 11.4. The van der Waals surface area contributed by atoms with Crippen LogP contribution in [0.1, 0.15) is 27.7 Å². The van der Waals surface area contributed by atoms with Crippen molar-refractivity contribution < 1.29 is 20.4 Å². The molecule has 200 valence electrons. The SMILES string of the molecule is CC(O)CSCCSC(CSCC(C)O)CSCC(CSCC(C)O)SCCSCC(C)O. The van der Waals surface area contributed by atoms with Gasteiger partial charge in [-0.2, -0.15) is 82.3 Å². The van der Waals surface area contributed by atoms with Gasteiger partial charge in [0.25, 0.3) is 0 Å². The monoisotopic (exact) mass is 598 g/mol. The van der Waals surface area contributed by atoms with E-state index in [0.717, 1.165) is 69.0 Å². The van der Waals surface area contributed by atoms with Crippen molar-refractivity contribution in [1.82, 2.24) is 0 Å². The molecule has 6 atom stereocenters. The highest BCUT2D eigenvalue weighted by atomic mass is 32.2. The Morgan fingerprint density at radius 1 is 0.394 bits per heavy atom. The quantitative estimate of drug-likeness (QED) is 0.120. The predicted molar refractivity (Wildman–Crippen MR) is 166 cm³/mol. The van der Waals surface area contributed by atoms with Gasteiger partial charge in [-0.3, -0.25) is 0 Å². The van der Waals surface area contributed by atoms with E-state index in [0.29, 0.717) is 10.5 Å². The van der Waals surface area contributed by atoms with Crippen molar-refractivity contribution in [3.8, 4) is 0 Å². The average molecular weight is 599 g/mol. The molecule has 11 heteroatoms. The van der Waals surface area contributed by atoms with Crippen LogP contribution in [0.4, 0.5) is 0 Å². The second-order valence-electron chi connectivity index (χ2n) is 8.14. The van der Waals surface area contributed by atoms with Crippen LogP contribution in [0.25, 0.3) is 0 Å². The summed E-state index contributed by atoms with van der Waals surface area (Å²) in [6.45, 7) is 7.38. The van der Waals surface area contributed by atoms with Crippen LogP contribution in [-0.4, -0.2) is 124 Å². The van der Waals surface area contributed by atoms with Crippen LogP contribution >= 0.6 is 82.3 Å². The molecule has 0 aromatic rings. The lowest BCUT2D eigenvalue weighted by Crippen LogP contribution is -2.18. The fraction of sp³-hybridized carbons (Fsp3) is 1.00. The van der Waals surface area contributed by atoms with E-state index in [1.165, 1.54) is 0 Å². The molecule has 0 saturated carbocycles. The Bertz CT molecular complexity index is 382. The minimum absolute atomic E-state index is 0.237. The van der Waals surface area contributed by atoms with Gasteiger partial charge in [0.15, 0.2) is 0 Å². The topological polar surface area (TPSA) is 80.9 Å². The van der Waals surface area contributed by atoms with Crippen LogP contribution in [0.2, 0.25) is 0 Å². The zero-order valence-corrected chi connectivity index (χ0v) is 26.3. The molecular weight excluding hydrogens is 553 g/mol. The third-order valence-electron chi connectivity index (χ3n) is 3.81. The van der Waals surface area contributed by atoms with Crippen LogP contribution in [0.5, 0.6) is 0 Å². The Balaban J connectivity index is 4.42. The van der Waals surface area contributed by atoms with Gasteiger partial charge in [-0.05, 0) is 27.7 Å². The second kappa shape index (κ2) is 24.6. The summed E-state index contributed by atoms with van der Waals surface area (Å²) in [7, 11) is 0. The summed E-state index contributed by atoms with van der Waals surface area (Å²) in [5.41, 5.74) is 0. The Kier molecular flexibility index (Phi) is 26.3. The Hall–Kier alpha value is 2.29. The van der Waals surface area contributed by atoms with Gasteiger partial charge in [-0.1, -0.05) is 0 Å². The highest BCUT2D eigenvalue weighted by Gasteiger charge is 2.15. The van der Waals surface area contributed by atoms with E-state index in [2.05, 4.69) is 0 Å². The first kappa shape index (κ1) is 35.3. The normalized spacial score (nSPS) is 17.5. The van der Waals surface area contributed by atoms with Gasteiger partial charge in [0, 0.05) is 79.5 Å². The maximum absolute atomic E-state index is 9.59.